The Morgan fingerprint density at radius 3 is 3.09 bits per heavy atom. The van der Waals surface area contributed by atoms with E-state index in [1.54, 1.807) is 16.2 Å². The van der Waals surface area contributed by atoms with Crippen LogP contribution < -0.4 is 4.90 Å². The standard InChI is InChI=1S/C7H7NO2S/c9-7-8(3-4-10-7)6-2-1-5-11-6/h1-2,5H,3-4H2. The summed E-state index contributed by atoms with van der Waals surface area (Å²) in [4.78, 5) is 12.6. The summed E-state index contributed by atoms with van der Waals surface area (Å²) in [5.74, 6) is 0. The van der Waals surface area contributed by atoms with Crippen LogP contribution in [0.2, 0.25) is 0 Å². The van der Waals surface area contributed by atoms with Crippen LogP contribution in [0.4, 0.5) is 9.80 Å². The van der Waals surface area contributed by atoms with Gasteiger partial charge in [0, 0.05) is 0 Å². The van der Waals surface area contributed by atoms with Crippen molar-refractivity contribution in [2.24, 2.45) is 0 Å². The van der Waals surface area contributed by atoms with Crippen LogP contribution in [0, 0.1) is 0 Å². The summed E-state index contributed by atoms with van der Waals surface area (Å²) in [6.45, 7) is 1.19. The van der Waals surface area contributed by atoms with Gasteiger partial charge in [-0.15, -0.1) is 11.3 Å². The summed E-state index contributed by atoms with van der Waals surface area (Å²) in [7, 11) is 0. The van der Waals surface area contributed by atoms with Gasteiger partial charge in [-0.3, -0.25) is 4.90 Å². The molecular formula is C7H7NO2S. The number of thiophene rings is 1. The fourth-order valence-corrected chi connectivity index (χ4v) is 1.76. The van der Waals surface area contributed by atoms with E-state index in [4.69, 9.17) is 4.74 Å². The zero-order valence-corrected chi connectivity index (χ0v) is 6.63. The minimum Gasteiger partial charge on any atom is -0.447 e. The Kier molecular flexibility index (Phi) is 1.54. The number of ether oxygens (including phenoxy) is 1. The van der Waals surface area contributed by atoms with Crippen molar-refractivity contribution in [3.63, 3.8) is 0 Å². The highest BCUT2D eigenvalue weighted by molar-refractivity contribution is 7.14. The first-order valence-corrected chi connectivity index (χ1v) is 4.24. The Balaban J connectivity index is 2.23. The van der Waals surface area contributed by atoms with E-state index in [1.807, 2.05) is 17.5 Å². The van der Waals surface area contributed by atoms with Crippen LogP contribution >= 0.6 is 11.3 Å². The van der Waals surface area contributed by atoms with Crippen LogP contribution in [0.3, 0.4) is 0 Å². The van der Waals surface area contributed by atoms with Gasteiger partial charge in [0.2, 0.25) is 0 Å². The second-order valence-electron chi connectivity index (χ2n) is 2.22. The topological polar surface area (TPSA) is 29.5 Å². The van der Waals surface area contributed by atoms with Gasteiger partial charge in [-0.05, 0) is 17.5 Å². The highest BCUT2D eigenvalue weighted by Gasteiger charge is 2.23. The summed E-state index contributed by atoms with van der Waals surface area (Å²) < 4.78 is 4.78. The average molecular weight is 169 g/mol. The number of carbonyl (C=O) groups excluding carboxylic acids is 1. The van der Waals surface area contributed by atoms with Gasteiger partial charge >= 0.3 is 6.09 Å². The van der Waals surface area contributed by atoms with E-state index in [0.717, 1.165) is 5.00 Å². The van der Waals surface area contributed by atoms with Crippen molar-refractivity contribution in [1.29, 1.82) is 0 Å². The molecular weight excluding hydrogens is 162 g/mol. The first kappa shape index (κ1) is 6.67. The van der Waals surface area contributed by atoms with Crippen molar-refractivity contribution in [3.8, 4) is 0 Å². The monoisotopic (exact) mass is 169 g/mol. The molecule has 0 N–H and O–H groups in total. The second kappa shape index (κ2) is 2.54. The largest absolute Gasteiger partial charge is 0.447 e. The third-order valence-corrected chi connectivity index (χ3v) is 2.42. The van der Waals surface area contributed by atoms with Gasteiger partial charge < -0.3 is 4.74 Å². The maximum absolute atomic E-state index is 11.0. The van der Waals surface area contributed by atoms with E-state index in [-0.39, 0.29) is 6.09 Å². The number of amides is 1. The number of rotatable bonds is 1. The van der Waals surface area contributed by atoms with Gasteiger partial charge in [0.1, 0.15) is 11.6 Å². The predicted octanol–water partition coefficient (Wildman–Crippen LogP) is 1.70. The molecule has 0 aromatic carbocycles. The number of carbonyl (C=O) groups is 1. The molecule has 1 aromatic heterocycles. The molecule has 1 fully saturated rings. The van der Waals surface area contributed by atoms with Crippen molar-refractivity contribution < 1.29 is 9.53 Å². The lowest BCUT2D eigenvalue weighted by Gasteiger charge is -2.07. The number of cyclic esters (lactones) is 1. The molecule has 11 heavy (non-hydrogen) atoms. The van der Waals surface area contributed by atoms with E-state index in [2.05, 4.69) is 0 Å². The smallest absolute Gasteiger partial charge is 0.415 e. The molecule has 0 saturated carbocycles. The molecule has 58 valence electrons. The number of nitrogens with zero attached hydrogens (tertiary/aromatic N) is 1. The molecule has 2 heterocycles. The van der Waals surface area contributed by atoms with Gasteiger partial charge in [0.05, 0.1) is 6.54 Å². The van der Waals surface area contributed by atoms with Crippen LogP contribution in [0.5, 0.6) is 0 Å². The highest BCUT2D eigenvalue weighted by atomic mass is 32.1. The van der Waals surface area contributed by atoms with Crippen molar-refractivity contribution in [3.05, 3.63) is 17.5 Å². The van der Waals surface area contributed by atoms with Crippen LogP contribution in [-0.4, -0.2) is 19.2 Å². The van der Waals surface area contributed by atoms with E-state index < -0.39 is 0 Å². The Morgan fingerprint density at radius 1 is 1.64 bits per heavy atom. The maximum atomic E-state index is 11.0. The van der Waals surface area contributed by atoms with Crippen molar-refractivity contribution in [1.82, 2.24) is 0 Å². The lowest BCUT2D eigenvalue weighted by atomic mass is 10.5. The Morgan fingerprint density at radius 2 is 2.55 bits per heavy atom. The quantitative estimate of drug-likeness (QED) is 0.640. The van der Waals surface area contributed by atoms with E-state index >= 15 is 0 Å². The summed E-state index contributed by atoms with van der Waals surface area (Å²) in [5.41, 5.74) is 0. The molecule has 0 spiro atoms. The molecule has 0 atom stereocenters. The minimum atomic E-state index is -0.229. The zero-order chi connectivity index (χ0) is 7.68. The maximum Gasteiger partial charge on any atom is 0.415 e. The molecule has 0 bridgehead atoms. The summed E-state index contributed by atoms with van der Waals surface area (Å²) in [6.07, 6.45) is -0.229. The van der Waals surface area contributed by atoms with Crippen molar-refractivity contribution in [2.75, 3.05) is 18.1 Å². The van der Waals surface area contributed by atoms with E-state index in [1.165, 1.54) is 0 Å². The van der Waals surface area contributed by atoms with E-state index in [0.29, 0.717) is 13.2 Å². The minimum absolute atomic E-state index is 0.229. The molecule has 4 heteroatoms. The number of hydrogen-bond acceptors (Lipinski definition) is 3. The van der Waals surface area contributed by atoms with Gasteiger partial charge in [-0.2, -0.15) is 0 Å². The predicted molar refractivity (Wildman–Crippen MR) is 43.0 cm³/mol. The first-order valence-electron chi connectivity index (χ1n) is 3.36. The first-order chi connectivity index (χ1) is 5.38. The van der Waals surface area contributed by atoms with Crippen LogP contribution in [-0.2, 0) is 4.74 Å². The molecule has 0 unspecified atom stereocenters. The van der Waals surface area contributed by atoms with Crippen LogP contribution in [0.1, 0.15) is 0 Å². The molecule has 3 nitrogen and oxygen atoms in total. The van der Waals surface area contributed by atoms with Crippen LogP contribution in [0.15, 0.2) is 17.5 Å². The molecule has 0 radical (unpaired) electrons. The lowest BCUT2D eigenvalue weighted by molar-refractivity contribution is 0.181. The normalized spacial score (nSPS) is 17.1. The molecule has 1 aliphatic rings. The van der Waals surface area contributed by atoms with Crippen molar-refractivity contribution >= 4 is 22.4 Å². The SMILES string of the molecule is O=C1OCCN1c1cccs1. The van der Waals surface area contributed by atoms with Gasteiger partial charge in [0.15, 0.2) is 0 Å². The molecule has 2 rings (SSSR count). The molecule has 0 aliphatic carbocycles. The second-order valence-corrected chi connectivity index (χ2v) is 3.14. The third kappa shape index (κ3) is 1.09. The zero-order valence-electron chi connectivity index (χ0n) is 5.82. The molecule has 1 amide bonds. The summed E-state index contributed by atoms with van der Waals surface area (Å²) in [5, 5.41) is 2.91. The fourth-order valence-electron chi connectivity index (χ4n) is 1.02. The summed E-state index contributed by atoms with van der Waals surface area (Å²) >= 11 is 1.55. The van der Waals surface area contributed by atoms with Gasteiger partial charge in [-0.25, -0.2) is 4.79 Å². The third-order valence-electron chi connectivity index (χ3n) is 1.53. The lowest BCUT2D eigenvalue weighted by Crippen LogP contribution is -2.21. The summed E-state index contributed by atoms with van der Waals surface area (Å²) in [6, 6.07) is 3.84. The van der Waals surface area contributed by atoms with Gasteiger partial charge in [-0.1, -0.05) is 0 Å². The van der Waals surface area contributed by atoms with Crippen molar-refractivity contribution in [2.45, 2.75) is 0 Å². The Hall–Kier alpha value is -1.03. The fraction of sp³-hybridized carbons (Fsp3) is 0.286. The average Bonchev–Trinajstić information content (AvgIpc) is 2.55. The Labute approximate surface area is 68.2 Å². The number of hydrogen-bond donors (Lipinski definition) is 0. The number of anilines is 1. The van der Waals surface area contributed by atoms with Gasteiger partial charge in [0.25, 0.3) is 0 Å². The Bertz CT molecular complexity index is 257. The van der Waals surface area contributed by atoms with E-state index in [9.17, 15) is 4.79 Å². The highest BCUT2D eigenvalue weighted by Crippen LogP contribution is 2.23. The molecule has 1 saturated heterocycles. The molecule has 1 aromatic rings. The van der Waals surface area contributed by atoms with Crippen LogP contribution in [0.25, 0.3) is 0 Å². The molecule has 1 aliphatic heterocycles.